The standard InChI is InChI=1S/C22H25F3N2O/c1-3-14-27(15-4-2)20-12-11-18(22(23,24)25)16-19(20)26-21(28)13-10-17-8-6-5-7-9-17/h5-13,16H,3-4,14-15H2,1-2H3,(H,26,28)/b13-10+. The van der Waals surface area contributed by atoms with E-state index in [2.05, 4.69) is 5.32 Å². The van der Waals surface area contributed by atoms with Gasteiger partial charge in [0.25, 0.3) is 0 Å². The van der Waals surface area contributed by atoms with E-state index >= 15 is 0 Å². The van der Waals surface area contributed by atoms with Gasteiger partial charge >= 0.3 is 6.18 Å². The first-order valence-electron chi connectivity index (χ1n) is 9.35. The van der Waals surface area contributed by atoms with Crippen molar-refractivity contribution in [1.29, 1.82) is 0 Å². The van der Waals surface area contributed by atoms with Crippen LogP contribution in [0.5, 0.6) is 0 Å². The van der Waals surface area contributed by atoms with Gasteiger partial charge in [0.2, 0.25) is 5.91 Å². The van der Waals surface area contributed by atoms with Crippen LogP contribution in [0, 0.1) is 0 Å². The lowest BCUT2D eigenvalue weighted by atomic mass is 10.1. The molecule has 0 aliphatic carbocycles. The molecule has 0 fully saturated rings. The Balaban J connectivity index is 2.32. The van der Waals surface area contributed by atoms with Gasteiger partial charge < -0.3 is 10.2 Å². The van der Waals surface area contributed by atoms with Crippen LogP contribution >= 0.6 is 0 Å². The van der Waals surface area contributed by atoms with Gasteiger partial charge in [0.15, 0.2) is 0 Å². The van der Waals surface area contributed by atoms with E-state index in [1.807, 2.05) is 49.1 Å². The predicted octanol–water partition coefficient (Wildman–Crippen LogP) is 5.98. The summed E-state index contributed by atoms with van der Waals surface area (Å²) < 4.78 is 39.5. The number of benzene rings is 2. The topological polar surface area (TPSA) is 32.3 Å². The number of amides is 1. The number of rotatable bonds is 8. The van der Waals surface area contributed by atoms with Crippen LogP contribution in [0.2, 0.25) is 0 Å². The van der Waals surface area contributed by atoms with Crippen LogP contribution in [0.4, 0.5) is 24.5 Å². The second-order valence-corrected chi connectivity index (χ2v) is 6.45. The average Bonchev–Trinajstić information content (AvgIpc) is 2.66. The molecule has 0 aromatic heterocycles. The lowest BCUT2D eigenvalue weighted by Crippen LogP contribution is -2.26. The van der Waals surface area contributed by atoms with Crippen molar-refractivity contribution in [3.8, 4) is 0 Å². The molecule has 1 amide bonds. The molecule has 0 spiro atoms. The third-order valence-corrected chi connectivity index (χ3v) is 4.14. The first-order chi connectivity index (χ1) is 13.3. The third-order valence-electron chi connectivity index (χ3n) is 4.14. The summed E-state index contributed by atoms with van der Waals surface area (Å²) in [5.74, 6) is -0.475. The Morgan fingerprint density at radius 3 is 2.25 bits per heavy atom. The first-order valence-corrected chi connectivity index (χ1v) is 9.35. The van der Waals surface area contributed by atoms with Crippen LogP contribution in [-0.4, -0.2) is 19.0 Å². The van der Waals surface area contributed by atoms with Crippen molar-refractivity contribution in [2.75, 3.05) is 23.3 Å². The molecule has 0 saturated heterocycles. The monoisotopic (exact) mass is 390 g/mol. The number of carbonyl (C=O) groups is 1. The number of halogens is 3. The van der Waals surface area contributed by atoms with Crippen molar-refractivity contribution in [3.63, 3.8) is 0 Å². The Morgan fingerprint density at radius 2 is 1.68 bits per heavy atom. The van der Waals surface area contributed by atoms with Gasteiger partial charge in [-0.3, -0.25) is 4.79 Å². The summed E-state index contributed by atoms with van der Waals surface area (Å²) in [6.45, 7) is 5.41. The molecule has 6 heteroatoms. The fourth-order valence-corrected chi connectivity index (χ4v) is 2.89. The molecule has 0 saturated carbocycles. The SMILES string of the molecule is CCCN(CCC)c1ccc(C(F)(F)F)cc1NC(=O)/C=C/c1ccccc1. The Morgan fingerprint density at radius 1 is 1.04 bits per heavy atom. The van der Waals surface area contributed by atoms with Crippen molar-refractivity contribution in [1.82, 2.24) is 0 Å². The van der Waals surface area contributed by atoms with Gasteiger partial charge in [-0.2, -0.15) is 13.2 Å². The zero-order valence-corrected chi connectivity index (χ0v) is 16.1. The maximum Gasteiger partial charge on any atom is 0.416 e. The van der Waals surface area contributed by atoms with E-state index in [1.165, 1.54) is 12.1 Å². The Bertz CT molecular complexity index is 795. The average molecular weight is 390 g/mol. The van der Waals surface area contributed by atoms with E-state index in [0.29, 0.717) is 18.8 Å². The Hall–Kier alpha value is -2.76. The summed E-state index contributed by atoms with van der Waals surface area (Å²) in [4.78, 5) is 14.3. The highest BCUT2D eigenvalue weighted by Crippen LogP contribution is 2.35. The maximum atomic E-state index is 13.2. The van der Waals surface area contributed by atoms with Gasteiger partial charge in [-0.05, 0) is 42.7 Å². The summed E-state index contributed by atoms with van der Waals surface area (Å²) in [7, 11) is 0. The van der Waals surface area contributed by atoms with Gasteiger partial charge in [-0.15, -0.1) is 0 Å². The smallest absolute Gasteiger partial charge is 0.370 e. The Labute approximate surface area is 163 Å². The molecule has 2 aromatic rings. The molecule has 0 aliphatic heterocycles. The molecule has 2 aromatic carbocycles. The fraction of sp³-hybridized carbons (Fsp3) is 0.318. The number of hydrogen-bond acceptors (Lipinski definition) is 2. The number of carbonyl (C=O) groups excluding carboxylic acids is 1. The lowest BCUT2D eigenvalue weighted by molar-refractivity contribution is -0.137. The van der Waals surface area contributed by atoms with Crippen molar-refractivity contribution in [2.45, 2.75) is 32.9 Å². The zero-order valence-electron chi connectivity index (χ0n) is 16.1. The minimum atomic E-state index is -4.47. The molecule has 1 N–H and O–H groups in total. The normalized spacial score (nSPS) is 11.6. The van der Waals surface area contributed by atoms with Crippen molar-refractivity contribution in [2.24, 2.45) is 0 Å². The number of nitrogens with zero attached hydrogens (tertiary/aromatic N) is 1. The van der Waals surface area contributed by atoms with E-state index < -0.39 is 17.6 Å². The molecule has 0 radical (unpaired) electrons. The van der Waals surface area contributed by atoms with Gasteiger partial charge in [-0.25, -0.2) is 0 Å². The molecular weight excluding hydrogens is 365 g/mol. The van der Waals surface area contributed by atoms with E-state index in [0.717, 1.165) is 30.5 Å². The predicted molar refractivity (Wildman–Crippen MR) is 108 cm³/mol. The van der Waals surface area contributed by atoms with E-state index in [9.17, 15) is 18.0 Å². The molecule has 2 rings (SSSR count). The third kappa shape index (κ3) is 6.15. The number of nitrogens with one attached hydrogen (secondary N) is 1. The minimum Gasteiger partial charge on any atom is -0.370 e. The molecule has 3 nitrogen and oxygen atoms in total. The van der Waals surface area contributed by atoms with Crippen LogP contribution in [-0.2, 0) is 11.0 Å². The van der Waals surface area contributed by atoms with Crippen molar-refractivity contribution < 1.29 is 18.0 Å². The molecular formula is C22H25F3N2O. The summed E-state index contributed by atoms with van der Waals surface area (Å²) in [5, 5.41) is 2.62. The van der Waals surface area contributed by atoms with Crippen LogP contribution < -0.4 is 10.2 Å². The van der Waals surface area contributed by atoms with Crippen LogP contribution in [0.15, 0.2) is 54.6 Å². The zero-order chi connectivity index (χ0) is 20.6. The number of alkyl halides is 3. The summed E-state index contributed by atoms with van der Waals surface area (Å²) in [6, 6.07) is 12.7. The van der Waals surface area contributed by atoms with Gasteiger partial charge in [0, 0.05) is 19.2 Å². The van der Waals surface area contributed by atoms with Gasteiger partial charge in [0.1, 0.15) is 0 Å². The molecule has 28 heavy (non-hydrogen) atoms. The highest BCUT2D eigenvalue weighted by atomic mass is 19.4. The number of hydrogen-bond donors (Lipinski definition) is 1. The van der Waals surface area contributed by atoms with Crippen LogP contribution in [0.3, 0.4) is 0 Å². The number of anilines is 2. The van der Waals surface area contributed by atoms with E-state index in [1.54, 1.807) is 6.08 Å². The fourth-order valence-electron chi connectivity index (χ4n) is 2.89. The largest absolute Gasteiger partial charge is 0.416 e. The van der Waals surface area contributed by atoms with Gasteiger partial charge in [0.05, 0.1) is 16.9 Å². The molecule has 0 unspecified atom stereocenters. The molecule has 0 bridgehead atoms. The second kappa shape index (κ2) is 9.97. The molecule has 0 aliphatic rings. The summed E-state index contributed by atoms with van der Waals surface area (Å²) >= 11 is 0. The van der Waals surface area contributed by atoms with Crippen LogP contribution in [0.1, 0.15) is 37.8 Å². The molecule has 150 valence electrons. The highest BCUT2D eigenvalue weighted by Gasteiger charge is 2.31. The maximum absolute atomic E-state index is 13.2. The summed E-state index contributed by atoms with van der Waals surface area (Å²) in [6.07, 6.45) is 0.171. The lowest BCUT2D eigenvalue weighted by Gasteiger charge is -2.27. The van der Waals surface area contributed by atoms with Crippen molar-refractivity contribution >= 4 is 23.4 Å². The van der Waals surface area contributed by atoms with Crippen molar-refractivity contribution in [3.05, 3.63) is 65.7 Å². The molecule has 0 atom stereocenters. The summed E-state index contributed by atoms with van der Waals surface area (Å²) in [5.41, 5.74) is 0.810. The highest BCUT2D eigenvalue weighted by molar-refractivity contribution is 6.03. The Kier molecular flexibility index (Phi) is 7.67. The molecule has 0 heterocycles. The first kappa shape index (κ1) is 21.5. The van der Waals surface area contributed by atoms with Crippen LogP contribution in [0.25, 0.3) is 6.08 Å². The van der Waals surface area contributed by atoms with E-state index in [-0.39, 0.29) is 5.69 Å². The quantitative estimate of drug-likeness (QED) is 0.562. The van der Waals surface area contributed by atoms with E-state index in [4.69, 9.17) is 0 Å². The second-order valence-electron chi connectivity index (χ2n) is 6.45. The van der Waals surface area contributed by atoms with Gasteiger partial charge in [-0.1, -0.05) is 44.2 Å². The minimum absolute atomic E-state index is 0.166.